The van der Waals surface area contributed by atoms with E-state index in [1.165, 1.54) is 0 Å². The largest absolute Gasteiger partial charge is 0.466 e. The third-order valence-corrected chi connectivity index (χ3v) is 5.47. The number of Topliss-reactive ketones (excluding diaryl/α,β-unsaturated/α-hetero) is 1. The van der Waals surface area contributed by atoms with E-state index < -0.39 is 5.97 Å². The molecule has 6 heteroatoms. The maximum absolute atomic E-state index is 12.7. The number of H-pyrrole nitrogens is 1. The molecule has 1 N–H and O–H groups in total. The molecule has 0 fully saturated rings. The van der Waals surface area contributed by atoms with Crippen molar-refractivity contribution in [2.24, 2.45) is 0 Å². The van der Waals surface area contributed by atoms with Crippen molar-refractivity contribution < 1.29 is 23.9 Å². The van der Waals surface area contributed by atoms with Crippen LogP contribution in [-0.2, 0) is 20.9 Å². The Morgan fingerprint density at radius 3 is 2.12 bits per heavy atom. The van der Waals surface area contributed by atoms with E-state index in [4.69, 9.17) is 9.47 Å². The highest BCUT2D eigenvalue weighted by molar-refractivity contribution is 6.02. The number of esters is 2. The molecule has 32 heavy (non-hydrogen) atoms. The molecule has 0 aliphatic carbocycles. The number of aromatic nitrogens is 1. The molecular formula is C26H35NO5. The van der Waals surface area contributed by atoms with Crippen LogP contribution in [0.3, 0.4) is 0 Å². The van der Waals surface area contributed by atoms with Gasteiger partial charge in [0.1, 0.15) is 12.3 Å². The van der Waals surface area contributed by atoms with Gasteiger partial charge in [0.05, 0.1) is 6.61 Å². The van der Waals surface area contributed by atoms with Crippen molar-refractivity contribution in [1.29, 1.82) is 0 Å². The van der Waals surface area contributed by atoms with Crippen molar-refractivity contribution in [3.63, 3.8) is 0 Å². The third kappa shape index (κ3) is 7.98. The zero-order chi connectivity index (χ0) is 23.3. The molecule has 0 unspecified atom stereocenters. The van der Waals surface area contributed by atoms with E-state index >= 15 is 0 Å². The summed E-state index contributed by atoms with van der Waals surface area (Å²) in [6, 6.07) is 9.50. The molecule has 0 atom stereocenters. The van der Waals surface area contributed by atoms with Gasteiger partial charge in [-0.05, 0) is 44.7 Å². The number of nitrogens with one attached hydrogen (secondary N) is 1. The molecule has 174 valence electrons. The van der Waals surface area contributed by atoms with Gasteiger partial charge in [-0.2, -0.15) is 0 Å². The summed E-state index contributed by atoms with van der Waals surface area (Å²) in [6.07, 6.45) is 6.66. The van der Waals surface area contributed by atoms with E-state index in [0.717, 1.165) is 44.1 Å². The summed E-state index contributed by atoms with van der Waals surface area (Å²) >= 11 is 0. The minimum Gasteiger partial charge on any atom is -0.466 e. The lowest BCUT2D eigenvalue weighted by atomic mass is 10.00. The maximum atomic E-state index is 12.7. The molecule has 2 rings (SSSR count). The number of aromatic amines is 1. The summed E-state index contributed by atoms with van der Waals surface area (Å²) in [5.41, 5.74) is 3.23. The molecule has 0 bridgehead atoms. The molecule has 1 aromatic carbocycles. The summed E-state index contributed by atoms with van der Waals surface area (Å²) < 4.78 is 10.3. The fraction of sp³-hybridized carbons (Fsp3) is 0.500. The topological polar surface area (TPSA) is 85.5 Å². The predicted octanol–water partition coefficient (Wildman–Crippen LogP) is 5.86. The Hall–Kier alpha value is -2.89. The van der Waals surface area contributed by atoms with Gasteiger partial charge < -0.3 is 14.5 Å². The number of ether oxygens (including phenoxy) is 2. The van der Waals surface area contributed by atoms with Gasteiger partial charge in [0.15, 0.2) is 5.78 Å². The van der Waals surface area contributed by atoms with Crippen LogP contribution in [-0.4, -0.2) is 29.3 Å². The van der Waals surface area contributed by atoms with Crippen molar-refractivity contribution in [2.45, 2.75) is 78.7 Å². The first-order valence-corrected chi connectivity index (χ1v) is 11.5. The van der Waals surface area contributed by atoms with Crippen LogP contribution in [0.2, 0.25) is 0 Å². The molecule has 0 aliphatic heterocycles. The van der Waals surface area contributed by atoms with E-state index in [1.807, 2.05) is 44.2 Å². The summed E-state index contributed by atoms with van der Waals surface area (Å²) in [4.78, 5) is 39.6. The summed E-state index contributed by atoms with van der Waals surface area (Å²) in [7, 11) is 0. The zero-order valence-electron chi connectivity index (χ0n) is 19.5. The van der Waals surface area contributed by atoms with Gasteiger partial charge >= 0.3 is 11.9 Å². The Morgan fingerprint density at radius 1 is 0.844 bits per heavy atom. The van der Waals surface area contributed by atoms with Crippen LogP contribution >= 0.6 is 0 Å². The molecule has 0 saturated carbocycles. The van der Waals surface area contributed by atoms with Crippen LogP contribution in [0, 0.1) is 13.8 Å². The molecule has 0 radical (unpaired) electrons. The lowest BCUT2D eigenvalue weighted by Gasteiger charge is -2.05. The smallest absolute Gasteiger partial charge is 0.355 e. The normalized spacial score (nSPS) is 10.7. The van der Waals surface area contributed by atoms with Crippen molar-refractivity contribution in [3.8, 4) is 0 Å². The first-order valence-electron chi connectivity index (χ1n) is 11.5. The van der Waals surface area contributed by atoms with Gasteiger partial charge in [0, 0.05) is 24.1 Å². The number of hydrogen-bond donors (Lipinski definition) is 1. The van der Waals surface area contributed by atoms with Crippen LogP contribution in [0.25, 0.3) is 0 Å². The molecular weight excluding hydrogens is 406 g/mol. The molecule has 2 aromatic rings. The van der Waals surface area contributed by atoms with Crippen LogP contribution in [0.15, 0.2) is 30.3 Å². The molecule has 0 saturated heterocycles. The molecule has 0 spiro atoms. The number of ketones is 1. The zero-order valence-corrected chi connectivity index (χ0v) is 19.5. The first kappa shape index (κ1) is 25.4. The molecule has 0 amide bonds. The Balaban J connectivity index is 1.73. The van der Waals surface area contributed by atoms with Crippen LogP contribution in [0.4, 0.5) is 0 Å². The van der Waals surface area contributed by atoms with Crippen LogP contribution < -0.4 is 0 Å². The monoisotopic (exact) mass is 441 g/mol. The van der Waals surface area contributed by atoms with Crippen LogP contribution in [0.5, 0.6) is 0 Å². The second-order valence-electron chi connectivity index (χ2n) is 8.04. The fourth-order valence-corrected chi connectivity index (χ4v) is 3.79. The third-order valence-electron chi connectivity index (χ3n) is 5.47. The number of benzene rings is 1. The molecule has 1 aromatic heterocycles. The quantitative estimate of drug-likeness (QED) is 0.226. The Bertz CT molecular complexity index is 885. The fourth-order valence-electron chi connectivity index (χ4n) is 3.79. The lowest BCUT2D eigenvalue weighted by Crippen LogP contribution is -2.08. The highest BCUT2D eigenvalue weighted by Crippen LogP contribution is 2.22. The van der Waals surface area contributed by atoms with Gasteiger partial charge in [0.2, 0.25) is 0 Å². The second-order valence-corrected chi connectivity index (χ2v) is 8.04. The van der Waals surface area contributed by atoms with Crippen molar-refractivity contribution in [2.75, 3.05) is 6.61 Å². The predicted molar refractivity (Wildman–Crippen MR) is 124 cm³/mol. The Morgan fingerprint density at radius 2 is 1.47 bits per heavy atom. The summed E-state index contributed by atoms with van der Waals surface area (Å²) in [6.45, 7) is 6.05. The van der Waals surface area contributed by atoms with Gasteiger partial charge in [-0.25, -0.2) is 4.79 Å². The van der Waals surface area contributed by atoms with E-state index in [2.05, 4.69) is 4.98 Å². The standard InChI is InChI=1S/C26H35NO5/c1-4-31-23(29)17-13-8-6-5-7-12-16-22(28)24-19(2)25(27-20(24)3)26(30)32-18-21-14-10-9-11-15-21/h9-11,14-15,27H,4-8,12-13,16-18H2,1-3H3. The minimum atomic E-state index is -0.448. The average molecular weight is 442 g/mol. The van der Waals surface area contributed by atoms with E-state index in [0.29, 0.717) is 42.0 Å². The number of rotatable bonds is 14. The van der Waals surface area contributed by atoms with Gasteiger partial charge in [-0.3, -0.25) is 9.59 Å². The number of hydrogen-bond acceptors (Lipinski definition) is 5. The lowest BCUT2D eigenvalue weighted by molar-refractivity contribution is -0.143. The summed E-state index contributed by atoms with van der Waals surface area (Å²) in [5, 5.41) is 0. The number of unbranched alkanes of at least 4 members (excludes halogenated alkanes) is 5. The number of carbonyl (C=O) groups is 3. The van der Waals surface area contributed by atoms with Crippen LogP contribution in [0.1, 0.15) is 96.0 Å². The van der Waals surface area contributed by atoms with Gasteiger partial charge in [0.25, 0.3) is 0 Å². The second kappa shape index (κ2) is 13.5. The first-order chi connectivity index (χ1) is 15.4. The Kier molecular flexibility index (Phi) is 10.7. The van der Waals surface area contributed by atoms with Gasteiger partial charge in [-0.15, -0.1) is 0 Å². The number of carbonyl (C=O) groups excluding carboxylic acids is 3. The highest BCUT2D eigenvalue weighted by Gasteiger charge is 2.22. The molecule has 1 heterocycles. The SMILES string of the molecule is CCOC(=O)CCCCCCCCC(=O)c1c(C)[nH]c(C(=O)OCc2ccccc2)c1C. The molecule has 6 nitrogen and oxygen atoms in total. The van der Waals surface area contributed by atoms with E-state index in [1.54, 1.807) is 6.92 Å². The van der Waals surface area contributed by atoms with E-state index in [9.17, 15) is 14.4 Å². The van der Waals surface area contributed by atoms with Crippen molar-refractivity contribution >= 4 is 17.7 Å². The average Bonchev–Trinajstić information content (AvgIpc) is 3.08. The Labute approximate surface area is 190 Å². The van der Waals surface area contributed by atoms with E-state index in [-0.39, 0.29) is 18.4 Å². The number of aryl methyl sites for hydroxylation is 1. The minimum absolute atomic E-state index is 0.0562. The summed E-state index contributed by atoms with van der Waals surface area (Å²) in [5.74, 6) is -0.518. The molecule has 0 aliphatic rings. The van der Waals surface area contributed by atoms with Gasteiger partial charge in [-0.1, -0.05) is 56.0 Å². The van der Waals surface area contributed by atoms with Crippen molar-refractivity contribution in [1.82, 2.24) is 4.98 Å². The van der Waals surface area contributed by atoms with Crippen molar-refractivity contribution in [3.05, 3.63) is 58.4 Å². The highest BCUT2D eigenvalue weighted by atomic mass is 16.5. The maximum Gasteiger partial charge on any atom is 0.355 e.